The fourth-order valence-corrected chi connectivity index (χ4v) is 5.14. The maximum atomic E-state index is 3.66. The smallest absolute Gasteiger partial charge is 0.0488 e. The van der Waals surface area contributed by atoms with Crippen molar-refractivity contribution in [2.45, 2.75) is 44.6 Å². The summed E-state index contributed by atoms with van der Waals surface area (Å²) in [6, 6.07) is 7.03. The van der Waals surface area contributed by atoms with E-state index < -0.39 is 0 Å². The maximum Gasteiger partial charge on any atom is 0.0488 e. The number of hydrogen-bond acceptors (Lipinski definition) is 2. The summed E-state index contributed by atoms with van der Waals surface area (Å²) in [5.74, 6) is 0.975. The Morgan fingerprint density at radius 3 is 2.90 bits per heavy atom. The molecule has 1 saturated carbocycles. The minimum atomic E-state index is 0.499. The lowest BCUT2D eigenvalue weighted by Gasteiger charge is -2.18. The van der Waals surface area contributed by atoms with E-state index in [1.54, 1.807) is 0 Å². The van der Waals surface area contributed by atoms with Crippen molar-refractivity contribution in [3.8, 4) is 0 Å². The average Bonchev–Trinajstić information content (AvgIpc) is 3.10. The SMILES string of the molecule is CNC(CCC1CCCC1)c1csc2c(Br)cccc12. The molecule has 1 heterocycles. The van der Waals surface area contributed by atoms with Gasteiger partial charge in [-0.15, -0.1) is 11.3 Å². The molecule has 1 aromatic carbocycles. The second-order valence-corrected chi connectivity index (χ2v) is 7.61. The summed E-state index contributed by atoms with van der Waals surface area (Å²) in [4.78, 5) is 0. The molecule has 1 nitrogen and oxygen atoms in total. The lowest BCUT2D eigenvalue weighted by atomic mass is 9.94. The summed E-state index contributed by atoms with van der Waals surface area (Å²) in [5.41, 5.74) is 1.48. The van der Waals surface area contributed by atoms with Gasteiger partial charge < -0.3 is 5.32 Å². The Morgan fingerprint density at radius 1 is 1.35 bits per heavy atom. The molecule has 108 valence electrons. The summed E-state index contributed by atoms with van der Waals surface area (Å²) in [6.07, 6.45) is 8.43. The van der Waals surface area contributed by atoms with Crippen LogP contribution in [0.2, 0.25) is 0 Å². The van der Waals surface area contributed by atoms with Crippen molar-refractivity contribution in [1.82, 2.24) is 5.32 Å². The molecule has 3 rings (SSSR count). The first kappa shape index (κ1) is 14.6. The van der Waals surface area contributed by atoms with Crippen LogP contribution in [0.1, 0.15) is 50.1 Å². The lowest BCUT2D eigenvalue weighted by Crippen LogP contribution is -2.16. The van der Waals surface area contributed by atoms with E-state index in [0.717, 1.165) is 5.92 Å². The van der Waals surface area contributed by atoms with Crippen molar-refractivity contribution < 1.29 is 0 Å². The lowest BCUT2D eigenvalue weighted by molar-refractivity contribution is 0.429. The van der Waals surface area contributed by atoms with Gasteiger partial charge in [0.25, 0.3) is 0 Å². The van der Waals surface area contributed by atoms with Gasteiger partial charge in [0, 0.05) is 15.2 Å². The molecule has 1 fully saturated rings. The third-order valence-electron chi connectivity index (χ3n) is 4.64. The third-order valence-corrected chi connectivity index (χ3v) is 6.61. The highest BCUT2D eigenvalue weighted by Gasteiger charge is 2.19. The van der Waals surface area contributed by atoms with E-state index in [9.17, 15) is 0 Å². The van der Waals surface area contributed by atoms with Gasteiger partial charge in [0.1, 0.15) is 0 Å². The summed E-state index contributed by atoms with van der Waals surface area (Å²) in [6.45, 7) is 0. The summed E-state index contributed by atoms with van der Waals surface area (Å²) < 4.78 is 2.60. The topological polar surface area (TPSA) is 12.0 Å². The number of thiophene rings is 1. The largest absolute Gasteiger partial charge is 0.313 e. The molecular weight excluding hydrogens is 330 g/mol. The van der Waals surface area contributed by atoms with Crippen LogP contribution in [0.3, 0.4) is 0 Å². The van der Waals surface area contributed by atoms with E-state index in [1.165, 1.54) is 58.6 Å². The number of nitrogens with one attached hydrogen (secondary N) is 1. The van der Waals surface area contributed by atoms with E-state index >= 15 is 0 Å². The van der Waals surface area contributed by atoms with Crippen molar-refractivity contribution in [3.63, 3.8) is 0 Å². The van der Waals surface area contributed by atoms with E-state index in [4.69, 9.17) is 0 Å². The van der Waals surface area contributed by atoms with Crippen molar-refractivity contribution >= 4 is 37.4 Å². The highest BCUT2D eigenvalue weighted by molar-refractivity contribution is 9.10. The van der Waals surface area contributed by atoms with Crippen LogP contribution in [0.5, 0.6) is 0 Å². The molecule has 0 spiro atoms. The second kappa shape index (κ2) is 6.59. The van der Waals surface area contributed by atoms with Gasteiger partial charge >= 0.3 is 0 Å². The summed E-state index contributed by atoms with van der Waals surface area (Å²) in [7, 11) is 2.10. The predicted octanol–water partition coefficient (Wildman–Crippen LogP) is 5.89. The molecule has 3 heteroatoms. The zero-order valence-corrected chi connectivity index (χ0v) is 14.4. The van der Waals surface area contributed by atoms with Crippen molar-refractivity contribution in [1.29, 1.82) is 0 Å². The van der Waals surface area contributed by atoms with Gasteiger partial charge in [-0.2, -0.15) is 0 Å². The highest BCUT2D eigenvalue weighted by Crippen LogP contribution is 2.38. The molecule has 0 saturated heterocycles. The molecule has 2 aromatic rings. The maximum absolute atomic E-state index is 3.66. The Morgan fingerprint density at radius 2 is 2.15 bits per heavy atom. The Labute approximate surface area is 133 Å². The number of fused-ring (bicyclic) bond motifs is 1. The van der Waals surface area contributed by atoms with Crippen LogP contribution in [0.25, 0.3) is 10.1 Å². The van der Waals surface area contributed by atoms with Gasteiger partial charge in [-0.3, -0.25) is 0 Å². The molecule has 1 N–H and O–H groups in total. The Hall–Kier alpha value is -0.380. The first-order valence-corrected chi connectivity index (χ1v) is 9.29. The molecule has 1 aromatic heterocycles. The van der Waals surface area contributed by atoms with Gasteiger partial charge in [-0.1, -0.05) is 37.8 Å². The van der Waals surface area contributed by atoms with Crippen molar-refractivity contribution in [3.05, 3.63) is 33.6 Å². The van der Waals surface area contributed by atoms with E-state index in [-0.39, 0.29) is 0 Å². The fraction of sp³-hybridized carbons (Fsp3) is 0.529. The standard InChI is InChI=1S/C17H22BrNS/c1-19-16(10-9-12-5-2-3-6-12)14-11-20-17-13(14)7-4-8-15(17)18/h4,7-8,11-12,16,19H,2-3,5-6,9-10H2,1H3. The molecule has 0 bridgehead atoms. The first-order chi connectivity index (χ1) is 9.79. The molecule has 1 atom stereocenters. The molecule has 1 aliphatic rings. The third kappa shape index (κ3) is 2.95. The number of rotatable bonds is 5. The van der Waals surface area contributed by atoms with Gasteiger partial charge in [-0.05, 0) is 64.1 Å². The molecule has 20 heavy (non-hydrogen) atoms. The number of benzene rings is 1. The molecule has 1 unspecified atom stereocenters. The van der Waals surface area contributed by atoms with Crippen LogP contribution >= 0.6 is 27.3 Å². The van der Waals surface area contributed by atoms with Gasteiger partial charge in [-0.25, -0.2) is 0 Å². The van der Waals surface area contributed by atoms with Crippen LogP contribution < -0.4 is 5.32 Å². The van der Waals surface area contributed by atoms with Crippen molar-refractivity contribution in [2.75, 3.05) is 7.05 Å². The van der Waals surface area contributed by atoms with Gasteiger partial charge in [0.05, 0.1) is 0 Å². The fourth-order valence-electron chi connectivity index (χ4n) is 3.47. The quantitative estimate of drug-likeness (QED) is 0.707. The van der Waals surface area contributed by atoms with Crippen molar-refractivity contribution in [2.24, 2.45) is 5.92 Å². The van der Waals surface area contributed by atoms with E-state index in [2.05, 4.69) is 51.9 Å². The Kier molecular flexibility index (Phi) is 4.79. The first-order valence-electron chi connectivity index (χ1n) is 7.62. The zero-order chi connectivity index (χ0) is 13.9. The number of hydrogen-bond donors (Lipinski definition) is 1. The van der Waals surface area contributed by atoms with Crippen LogP contribution in [0.4, 0.5) is 0 Å². The van der Waals surface area contributed by atoms with E-state index in [1.807, 2.05) is 11.3 Å². The minimum absolute atomic E-state index is 0.499. The molecule has 0 radical (unpaired) electrons. The highest BCUT2D eigenvalue weighted by atomic mass is 79.9. The van der Waals surface area contributed by atoms with Crippen LogP contribution in [0.15, 0.2) is 28.1 Å². The van der Waals surface area contributed by atoms with Crippen LogP contribution in [-0.2, 0) is 0 Å². The molecule has 1 aliphatic carbocycles. The second-order valence-electron chi connectivity index (χ2n) is 5.88. The summed E-state index contributed by atoms with van der Waals surface area (Å²) in [5, 5.41) is 7.28. The van der Waals surface area contributed by atoms with Gasteiger partial charge in [0.15, 0.2) is 0 Å². The molecule has 0 aliphatic heterocycles. The predicted molar refractivity (Wildman–Crippen MR) is 92.5 cm³/mol. The zero-order valence-electron chi connectivity index (χ0n) is 12.0. The Balaban J connectivity index is 1.78. The van der Waals surface area contributed by atoms with Gasteiger partial charge in [0.2, 0.25) is 0 Å². The monoisotopic (exact) mass is 351 g/mol. The molecule has 0 amide bonds. The molecular formula is C17H22BrNS. The summed E-state index contributed by atoms with van der Waals surface area (Å²) >= 11 is 5.52. The van der Waals surface area contributed by atoms with E-state index in [0.29, 0.717) is 6.04 Å². The van der Waals surface area contributed by atoms with Crippen LogP contribution in [-0.4, -0.2) is 7.05 Å². The minimum Gasteiger partial charge on any atom is -0.313 e. The Bertz CT molecular complexity index is 571. The number of halogens is 1. The average molecular weight is 352 g/mol. The van der Waals surface area contributed by atoms with Crippen LogP contribution in [0, 0.1) is 5.92 Å². The normalized spacial score (nSPS) is 17.9.